The Morgan fingerprint density at radius 1 is 1.25 bits per heavy atom. The molecule has 148 valence electrons. The van der Waals surface area contributed by atoms with Crippen molar-refractivity contribution in [3.8, 4) is 0 Å². The van der Waals surface area contributed by atoms with Crippen molar-refractivity contribution in [2.24, 2.45) is 0 Å². The number of imidazole rings is 1. The summed E-state index contributed by atoms with van der Waals surface area (Å²) in [5.41, 5.74) is 4.41. The molecular weight excluding hydrogens is 354 g/mol. The summed E-state index contributed by atoms with van der Waals surface area (Å²) in [4.78, 5) is 15.1. The first-order chi connectivity index (χ1) is 13.6. The summed E-state index contributed by atoms with van der Waals surface area (Å²) < 4.78 is 1.74. The van der Waals surface area contributed by atoms with Crippen LogP contribution in [0.25, 0.3) is 11.0 Å². The quantitative estimate of drug-likeness (QED) is 0.527. The van der Waals surface area contributed by atoms with E-state index in [0.29, 0.717) is 13.0 Å². The van der Waals surface area contributed by atoms with E-state index in [9.17, 15) is 15.0 Å². The third-order valence-corrected chi connectivity index (χ3v) is 5.73. The summed E-state index contributed by atoms with van der Waals surface area (Å²) in [6.07, 6.45) is 1.86. The SMILES string of the molecule is CC(CCc1cccc(CO)c1)N[C@@H]1CCn2c(=O)[nH]c3cccc(c32)[C@H]1O. The number of para-hydroxylation sites is 1. The van der Waals surface area contributed by atoms with Crippen molar-refractivity contribution in [1.29, 1.82) is 0 Å². The molecule has 0 amide bonds. The molecule has 0 bridgehead atoms. The van der Waals surface area contributed by atoms with Gasteiger partial charge in [-0.05, 0) is 43.4 Å². The molecule has 4 N–H and O–H groups in total. The number of nitrogens with zero attached hydrogens (tertiary/aromatic N) is 1. The smallest absolute Gasteiger partial charge is 0.326 e. The minimum Gasteiger partial charge on any atom is -0.392 e. The molecule has 0 fully saturated rings. The standard InChI is InChI=1S/C22H27N3O3/c1-14(8-9-15-4-2-5-16(12-15)13-26)23-19-10-11-25-20-17(21(19)27)6-3-7-18(20)24-22(25)28/h2-7,12,14,19,21,23,26-27H,8-11,13H2,1H3,(H,24,28)/t14?,19-,21-/m1/s1. The molecule has 6 heteroatoms. The highest BCUT2D eigenvalue weighted by Gasteiger charge is 2.29. The number of nitrogens with one attached hydrogen (secondary N) is 2. The summed E-state index contributed by atoms with van der Waals surface area (Å²) in [6.45, 7) is 2.76. The highest BCUT2D eigenvalue weighted by molar-refractivity contribution is 5.79. The number of rotatable bonds is 6. The number of aromatic nitrogens is 2. The Bertz CT molecular complexity index is 1020. The molecule has 6 nitrogen and oxygen atoms in total. The van der Waals surface area contributed by atoms with Crippen LogP contribution in [0.1, 0.15) is 42.6 Å². The molecular formula is C22H27N3O3. The minimum atomic E-state index is -0.659. The summed E-state index contributed by atoms with van der Waals surface area (Å²) in [5, 5.41) is 23.9. The van der Waals surface area contributed by atoms with Gasteiger partial charge < -0.3 is 20.5 Å². The number of aromatic amines is 1. The third-order valence-electron chi connectivity index (χ3n) is 5.73. The Kier molecular flexibility index (Phi) is 5.35. The van der Waals surface area contributed by atoms with Gasteiger partial charge in [-0.25, -0.2) is 4.79 Å². The Hall–Kier alpha value is -2.41. The van der Waals surface area contributed by atoms with Gasteiger partial charge >= 0.3 is 5.69 Å². The van der Waals surface area contributed by atoms with E-state index in [1.165, 1.54) is 5.56 Å². The van der Waals surface area contributed by atoms with E-state index in [-0.39, 0.29) is 24.4 Å². The maximum absolute atomic E-state index is 12.2. The fraction of sp³-hybridized carbons (Fsp3) is 0.409. The van der Waals surface area contributed by atoms with Crippen LogP contribution in [-0.2, 0) is 19.6 Å². The van der Waals surface area contributed by atoms with Gasteiger partial charge in [-0.2, -0.15) is 0 Å². The molecule has 0 saturated heterocycles. The second-order valence-corrected chi connectivity index (χ2v) is 7.75. The molecule has 1 aliphatic heterocycles. The summed E-state index contributed by atoms with van der Waals surface area (Å²) in [5.74, 6) is 0. The van der Waals surface area contributed by atoms with Crippen LogP contribution in [0.2, 0.25) is 0 Å². The van der Waals surface area contributed by atoms with Crippen molar-refractivity contribution in [2.45, 2.75) is 57.5 Å². The first kappa shape index (κ1) is 18.9. The molecule has 0 aliphatic carbocycles. The van der Waals surface area contributed by atoms with E-state index in [1.807, 2.05) is 36.4 Å². The molecule has 4 rings (SSSR count). The lowest BCUT2D eigenvalue weighted by molar-refractivity contribution is 0.119. The van der Waals surface area contributed by atoms with Crippen LogP contribution < -0.4 is 11.0 Å². The lowest BCUT2D eigenvalue weighted by atomic mass is 9.98. The minimum absolute atomic E-state index is 0.0569. The molecule has 2 heterocycles. The number of aryl methyl sites for hydroxylation is 2. The molecule has 28 heavy (non-hydrogen) atoms. The van der Waals surface area contributed by atoms with E-state index in [1.54, 1.807) is 4.57 Å². The lowest BCUT2D eigenvalue weighted by Crippen LogP contribution is -2.41. The van der Waals surface area contributed by atoms with Gasteiger partial charge in [0.15, 0.2) is 0 Å². The van der Waals surface area contributed by atoms with Crippen LogP contribution >= 0.6 is 0 Å². The van der Waals surface area contributed by atoms with Gasteiger partial charge in [0, 0.05) is 24.2 Å². The number of benzene rings is 2. The van der Waals surface area contributed by atoms with Gasteiger partial charge in [-0.3, -0.25) is 4.57 Å². The van der Waals surface area contributed by atoms with E-state index >= 15 is 0 Å². The molecule has 1 unspecified atom stereocenters. The summed E-state index contributed by atoms with van der Waals surface area (Å²) in [6, 6.07) is 13.8. The lowest BCUT2D eigenvalue weighted by Gasteiger charge is -2.26. The summed E-state index contributed by atoms with van der Waals surface area (Å²) >= 11 is 0. The molecule has 1 aliphatic rings. The Morgan fingerprint density at radius 2 is 2.04 bits per heavy atom. The second-order valence-electron chi connectivity index (χ2n) is 7.75. The zero-order chi connectivity index (χ0) is 19.7. The monoisotopic (exact) mass is 381 g/mol. The van der Waals surface area contributed by atoms with Gasteiger partial charge in [-0.1, -0.05) is 36.4 Å². The van der Waals surface area contributed by atoms with Crippen molar-refractivity contribution in [3.63, 3.8) is 0 Å². The molecule has 2 aromatic carbocycles. The Morgan fingerprint density at radius 3 is 2.86 bits per heavy atom. The first-order valence-electron chi connectivity index (χ1n) is 9.91. The fourth-order valence-corrected chi connectivity index (χ4v) is 4.23. The van der Waals surface area contributed by atoms with Gasteiger partial charge in [0.25, 0.3) is 0 Å². The highest BCUT2D eigenvalue weighted by atomic mass is 16.3. The zero-order valence-electron chi connectivity index (χ0n) is 16.1. The van der Waals surface area contributed by atoms with Crippen LogP contribution in [0.4, 0.5) is 0 Å². The van der Waals surface area contributed by atoms with Gasteiger partial charge in [0.05, 0.1) is 23.7 Å². The number of hydrogen-bond acceptors (Lipinski definition) is 4. The van der Waals surface area contributed by atoms with E-state index in [2.05, 4.69) is 23.3 Å². The summed E-state index contributed by atoms with van der Waals surface area (Å²) in [7, 11) is 0. The van der Waals surface area contributed by atoms with Gasteiger partial charge in [0.2, 0.25) is 0 Å². The fourth-order valence-electron chi connectivity index (χ4n) is 4.23. The molecule has 0 saturated carbocycles. The van der Waals surface area contributed by atoms with Crippen molar-refractivity contribution in [2.75, 3.05) is 0 Å². The number of H-pyrrole nitrogens is 1. The van der Waals surface area contributed by atoms with Crippen molar-refractivity contribution >= 4 is 11.0 Å². The largest absolute Gasteiger partial charge is 0.392 e. The molecule has 0 spiro atoms. The van der Waals surface area contributed by atoms with Crippen LogP contribution in [0.5, 0.6) is 0 Å². The van der Waals surface area contributed by atoms with Crippen LogP contribution in [-0.4, -0.2) is 31.8 Å². The van der Waals surface area contributed by atoms with Crippen molar-refractivity contribution < 1.29 is 10.2 Å². The predicted octanol–water partition coefficient (Wildman–Crippen LogP) is 2.24. The predicted molar refractivity (Wildman–Crippen MR) is 109 cm³/mol. The molecule has 3 atom stereocenters. The van der Waals surface area contributed by atoms with E-state index in [4.69, 9.17) is 0 Å². The number of aliphatic hydroxyl groups is 2. The maximum Gasteiger partial charge on any atom is 0.326 e. The van der Waals surface area contributed by atoms with Crippen LogP contribution in [0, 0.1) is 0 Å². The van der Waals surface area contributed by atoms with Crippen molar-refractivity contribution in [1.82, 2.24) is 14.9 Å². The molecule has 0 radical (unpaired) electrons. The molecule has 1 aromatic heterocycles. The number of aliphatic hydroxyl groups excluding tert-OH is 2. The highest BCUT2D eigenvalue weighted by Crippen LogP contribution is 2.30. The second kappa shape index (κ2) is 7.91. The van der Waals surface area contributed by atoms with Gasteiger partial charge in [-0.15, -0.1) is 0 Å². The Labute approximate surface area is 163 Å². The maximum atomic E-state index is 12.2. The first-order valence-corrected chi connectivity index (χ1v) is 9.91. The average molecular weight is 381 g/mol. The zero-order valence-corrected chi connectivity index (χ0v) is 16.1. The van der Waals surface area contributed by atoms with Crippen LogP contribution in [0.3, 0.4) is 0 Å². The third kappa shape index (κ3) is 3.63. The van der Waals surface area contributed by atoms with Gasteiger partial charge in [0.1, 0.15) is 0 Å². The van der Waals surface area contributed by atoms with Crippen molar-refractivity contribution in [3.05, 3.63) is 69.6 Å². The van der Waals surface area contributed by atoms with E-state index in [0.717, 1.165) is 35.0 Å². The average Bonchev–Trinajstić information content (AvgIpc) is 2.96. The normalized spacial score (nSPS) is 20.2. The molecule has 3 aromatic rings. The topological polar surface area (TPSA) is 90.3 Å². The van der Waals surface area contributed by atoms with E-state index < -0.39 is 6.10 Å². The van der Waals surface area contributed by atoms with Crippen LogP contribution in [0.15, 0.2) is 47.3 Å². The Balaban J connectivity index is 1.45. The number of hydrogen-bond donors (Lipinski definition) is 4.